The van der Waals surface area contributed by atoms with Gasteiger partial charge in [0.15, 0.2) is 0 Å². The number of cyclic esters (lactones) is 1. The lowest BCUT2D eigenvalue weighted by molar-refractivity contribution is -0.168. The lowest BCUT2D eigenvalue weighted by Crippen LogP contribution is -2.51. The zero-order valence-corrected chi connectivity index (χ0v) is 18.5. The van der Waals surface area contributed by atoms with Crippen LogP contribution in [0.15, 0.2) is 59.5 Å². The molecule has 0 spiro atoms. The predicted octanol–water partition coefficient (Wildman–Crippen LogP) is 1.69. The number of hydrogen-bond donors (Lipinski definition) is 2. The van der Waals surface area contributed by atoms with E-state index in [-0.39, 0.29) is 31.4 Å². The summed E-state index contributed by atoms with van der Waals surface area (Å²) < 4.78 is 11.0. The molecule has 32 heavy (non-hydrogen) atoms. The summed E-state index contributed by atoms with van der Waals surface area (Å²) in [4.78, 5) is 40.2. The molecule has 2 aliphatic rings. The number of ether oxygens (including phenoxy) is 2. The fourth-order valence-corrected chi connectivity index (χ4v) is 4.83. The van der Waals surface area contributed by atoms with E-state index in [1.165, 1.54) is 4.90 Å². The van der Waals surface area contributed by atoms with Gasteiger partial charge in [0.05, 0.1) is 24.8 Å². The molecular formula is C23H25N3O5S. The average molecular weight is 456 g/mol. The van der Waals surface area contributed by atoms with Crippen molar-refractivity contribution in [3.8, 4) is 0 Å². The van der Waals surface area contributed by atoms with Gasteiger partial charge in [-0.25, -0.2) is 0 Å². The third-order valence-electron chi connectivity index (χ3n) is 5.34. The number of benzene rings is 2. The third kappa shape index (κ3) is 5.12. The maximum Gasteiger partial charge on any atom is 0.310 e. The Labute approximate surface area is 190 Å². The van der Waals surface area contributed by atoms with Crippen molar-refractivity contribution in [3.63, 3.8) is 0 Å². The predicted molar refractivity (Wildman–Crippen MR) is 120 cm³/mol. The number of carbonyl (C=O) groups is 3. The highest BCUT2D eigenvalue weighted by Crippen LogP contribution is 2.34. The van der Waals surface area contributed by atoms with Crippen LogP contribution >= 0.6 is 11.8 Å². The Bertz CT molecular complexity index is 987. The van der Waals surface area contributed by atoms with E-state index >= 15 is 0 Å². The van der Waals surface area contributed by atoms with Crippen molar-refractivity contribution in [3.05, 3.63) is 60.2 Å². The van der Waals surface area contributed by atoms with Gasteiger partial charge in [0.25, 0.3) is 0 Å². The smallest absolute Gasteiger partial charge is 0.310 e. The number of anilines is 1. The Morgan fingerprint density at radius 2 is 1.91 bits per heavy atom. The highest BCUT2D eigenvalue weighted by Gasteiger charge is 2.38. The van der Waals surface area contributed by atoms with Crippen molar-refractivity contribution in [1.29, 1.82) is 0 Å². The molecule has 1 fully saturated rings. The number of carbonyl (C=O) groups excluding carboxylic acids is 3. The van der Waals surface area contributed by atoms with Gasteiger partial charge < -0.3 is 25.0 Å². The first kappa shape index (κ1) is 22.3. The quantitative estimate of drug-likeness (QED) is 0.613. The molecule has 0 aromatic heterocycles. The van der Waals surface area contributed by atoms with E-state index in [0.717, 1.165) is 10.5 Å². The molecule has 2 aromatic carbocycles. The van der Waals surface area contributed by atoms with Crippen LogP contribution in [-0.4, -0.2) is 55.5 Å². The van der Waals surface area contributed by atoms with Crippen LogP contribution < -0.4 is 15.5 Å². The Kier molecular flexibility index (Phi) is 7.09. The molecule has 0 bridgehead atoms. The molecule has 2 amide bonds. The molecule has 1 saturated heterocycles. The summed E-state index contributed by atoms with van der Waals surface area (Å²) in [5, 5.41) is 5.84. The number of rotatable bonds is 7. The first-order valence-corrected chi connectivity index (χ1v) is 11.4. The fourth-order valence-electron chi connectivity index (χ4n) is 3.68. The first-order chi connectivity index (χ1) is 15.5. The number of fused-ring (bicyclic) bond motifs is 1. The van der Waals surface area contributed by atoms with Gasteiger partial charge in [0, 0.05) is 10.6 Å². The normalized spacial score (nSPS) is 22.8. The van der Waals surface area contributed by atoms with Gasteiger partial charge in [-0.05, 0) is 24.7 Å². The molecule has 2 aromatic rings. The second-order valence-corrected chi connectivity index (χ2v) is 8.64. The van der Waals surface area contributed by atoms with E-state index in [0.29, 0.717) is 11.4 Å². The highest BCUT2D eigenvalue weighted by atomic mass is 32.2. The van der Waals surface area contributed by atoms with Crippen molar-refractivity contribution >= 4 is 35.2 Å². The minimum Gasteiger partial charge on any atom is -0.433 e. The van der Waals surface area contributed by atoms with Crippen LogP contribution in [0.25, 0.3) is 0 Å². The zero-order valence-electron chi connectivity index (χ0n) is 17.7. The Morgan fingerprint density at radius 3 is 2.69 bits per heavy atom. The van der Waals surface area contributed by atoms with Crippen LogP contribution in [0.4, 0.5) is 5.69 Å². The van der Waals surface area contributed by atoms with Crippen LogP contribution in [0, 0.1) is 0 Å². The zero-order chi connectivity index (χ0) is 22.5. The summed E-state index contributed by atoms with van der Waals surface area (Å²) in [6.07, 6.45) is -0.857. The van der Waals surface area contributed by atoms with Gasteiger partial charge >= 0.3 is 5.97 Å². The molecule has 8 nitrogen and oxygen atoms in total. The van der Waals surface area contributed by atoms with Crippen molar-refractivity contribution in [2.75, 3.05) is 24.2 Å². The molecule has 4 rings (SSSR count). The molecule has 3 atom stereocenters. The highest BCUT2D eigenvalue weighted by molar-refractivity contribution is 7.99. The number of hydrogen-bond acceptors (Lipinski definition) is 7. The van der Waals surface area contributed by atoms with Gasteiger partial charge in [-0.2, -0.15) is 0 Å². The monoisotopic (exact) mass is 455 g/mol. The molecule has 9 heteroatoms. The third-order valence-corrected chi connectivity index (χ3v) is 6.50. The van der Waals surface area contributed by atoms with Crippen LogP contribution in [0.3, 0.4) is 0 Å². The minimum atomic E-state index is -0.876. The molecule has 1 unspecified atom stereocenters. The lowest BCUT2D eigenvalue weighted by atomic mass is 10.2. The van der Waals surface area contributed by atoms with Crippen molar-refractivity contribution < 1.29 is 23.9 Å². The molecule has 2 aliphatic heterocycles. The maximum atomic E-state index is 13.1. The average Bonchev–Trinajstić information content (AvgIpc) is 3.09. The number of esters is 1. The van der Waals surface area contributed by atoms with E-state index in [9.17, 15) is 14.4 Å². The van der Waals surface area contributed by atoms with E-state index in [4.69, 9.17) is 9.47 Å². The molecule has 2 heterocycles. The molecule has 2 N–H and O–H groups in total. The minimum absolute atomic E-state index is 0.0186. The molecule has 0 saturated carbocycles. The Balaban J connectivity index is 1.43. The second kappa shape index (κ2) is 10.2. The van der Waals surface area contributed by atoms with E-state index in [1.54, 1.807) is 18.8 Å². The number of amides is 2. The van der Waals surface area contributed by atoms with Gasteiger partial charge in [-0.3, -0.25) is 14.4 Å². The lowest BCUT2D eigenvalue weighted by Gasteiger charge is -2.26. The van der Waals surface area contributed by atoms with Crippen molar-refractivity contribution in [2.24, 2.45) is 0 Å². The van der Waals surface area contributed by atoms with Gasteiger partial charge in [-0.15, -0.1) is 11.8 Å². The van der Waals surface area contributed by atoms with E-state index in [1.807, 2.05) is 54.6 Å². The van der Waals surface area contributed by atoms with Gasteiger partial charge in [-0.1, -0.05) is 42.5 Å². The standard InChI is InChI=1S/C23H25N3O5S/c1-24-17-14-32-19-10-6-5-9-18(19)26(22(17)29)12-20(27)25-16-11-21(28)31-23(16)30-13-15-7-3-2-4-8-15/h2-10,16-17,23-24H,11-14H2,1H3,(H,25,27)/t16-,17-,23?/m0/s1. The molecule has 168 valence electrons. The van der Waals surface area contributed by atoms with Crippen LogP contribution in [0.1, 0.15) is 12.0 Å². The first-order valence-electron chi connectivity index (χ1n) is 10.4. The fraction of sp³-hybridized carbons (Fsp3) is 0.348. The van der Waals surface area contributed by atoms with Crippen LogP contribution in [0.5, 0.6) is 0 Å². The summed E-state index contributed by atoms with van der Waals surface area (Å²) in [5.41, 5.74) is 1.63. The number of thioether (sulfide) groups is 1. The summed E-state index contributed by atoms with van der Waals surface area (Å²) in [6.45, 7) is 0.0922. The number of nitrogens with one attached hydrogen (secondary N) is 2. The number of nitrogens with zero attached hydrogens (tertiary/aromatic N) is 1. The molecular weight excluding hydrogens is 430 g/mol. The summed E-state index contributed by atoms with van der Waals surface area (Å²) in [5.74, 6) is -0.413. The SMILES string of the molecule is CN[C@H]1CSc2ccccc2N(CC(=O)N[C@H]2CC(=O)OC2OCc2ccccc2)C1=O. The Morgan fingerprint density at radius 1 is 1.16 bits per heavy atom. The van der Waals surface area contributed by atoms with E-state index in [2.05, 4.69) is 10.6 Å². The second-order valence-electron chi connectivity index (χ2n) is 7.58. The maximum absolute atomic E-state index is 13.1. The summed E-state index contributed by atoms with van der Waals surface area (Å²) in [7, 11) is 1.73. The Hall–Kier alpha value is -2.88. The summed E-state index contributed by atoms with van der Waals surface area (Å²) >= 11 is 1.57. The van der Waals surface area contributed by atoms with Crippen LogP contribution in [-0.2, 0) is 30.5 Å². The number of para-hydroxylation sites is 1. The molecule has 0 radical (unpaired) electrons. The summed E-state index contributed by atoms with van der Waals surface area (Å²) in [6, 6.07) is 16.0. The largest absolute Gasteiger partial charge is 0.433 e. The van der Waals surface area contributed by atoms with Crippen LogP contribution in [0.2, 0.25) is 0 Å². The molecule has 0 aliphatic carbocycles. The van der Waals surface area contributed by atoms with Crippen molar-refractivity contribution in [2.45, 2.75) is 36.3 Å². The van der Waals surface area contributed by atoms with Crippen molar-refractivity contribution in [1.82, 2.24) is 10.6 Å². The number of likely N-dealkylation sites (N-methyl/N-ethyl adjacent to an activating group) is 1. The van der Waals surface area contributed by atoms with Gasteiger partial charge in [0.2, 0.25) is 18.1 Å². The van der Waals surface area contributed by atoms with Gasteiger partial charge in [0.1, 0.15) is 12.6 Å². The topological polar surface area (TPSA) is 97.0 Å². The van der Waals surface area contributed by atoms with E-state index < -0.39 is 24.3 Å².